The molecule has 234 valence electrons. The first-order valence-corrected chi connectivity index (χ1v) is 14.0. The van der Waals surface area contributed by atoms with Gasteiger partial charge in [-0.25, -0.2) is 9.59 Å². The Hall–Kier alpha value is -4.60. The van der Waals surface area contributed by atoms with Crippen LogP contribution in [0.1, 0.15) is 47.9 Å². The summed E-state index contributed by atoms with van der Waals surface area (Å²) in [6.45, 7) is 7.12. The number of rotatable bonds is 18. The van der Waals surface area contributed by atoms with Crippen LogP contribution in [0.25, 0.3) is 0 Å². The number of unbranched alkanes of at least 4 members (excludes halogenated alkanes) is 2. The van der Waals surface area contributed by atoms with E-state index in [2.05, 4.69) is 13.2 Å². The number of esters is 2. The van der Waals surface area contributed by atoms with E-state index in [4.69, 9.17) is 18.9 Å². The van der Waals surface area contributed by atoms with Crippen LogP contribution in [0.4, 0.5) is 17.6 Å². The zero-order chi connectivity index (χ0) is 32.0. The quantitative estimate of drug-likeness (QED) is 0.0625. The Morgan fingerprint density at radius 3 is 1.36 bits per heavy atom. The summed E-state index contributed by atoms with van der Waals surface area (Å²) in [7, 11) is 0. The highest BCUT2D eigenvalue weighted by atomic mass is 19.3. The second kappa shape index (κ2) is 16.3. The van der Waals surface area contributed by atoms with Crippen LogP contribution in [-0.4, -0.2) is 25.2 Å². The Morgan fingerprint density at radius 1 is 0.614 bits per heavy atom. The summed E-state index contributed by atoms with van der Waals surface area (Å²) in [5.74, 6) is -1.70. The van der Waals surface area contributed by atoms with Gasteiger partial charge >= 0.3 is 24.2 Å². The van der Waals surface area contributed by atoms with Crippen molar-refractivity contribution >= 4 is 11.9 Å². The molecule has 3 rings (SSSR count). The molecule has 0 amide bonds. The molecule has 0 spiro atoms. The van der Waals surface area contributed by atoms with Gasteiger partial charge in [-0.1, -0.05) is 43.5 Å². The van der Waals surface area contributed by atoms with E-state index < -0.39 is 35.3 Å². The molecular formula is C34H34F4O6. The molecule has 0 aliphatic carbocycles. The third-order valence-corrected chi connectivity index (χ3v) is 6.42. The van der Waals surface area contributed by atoms with Crippen molar-refractivity contribution in [2.75, 3.05) is 13.2 Å². The number of carbonyl (C=O) groups is 2. The van der Waals surface area contributed by atoms with E-state index in [0.717, 1.165) is 29.3 Å². The molecule has 0 bridgehead atoms. The van der Waals surface area contributed by atoms with Crippen molar-refractivity contribution < 1.29 is 46.1 Å². The largest absolute Gasteiger partial charge is 0.463 e. The molecule has 0 atom stereocenters. The van der Waals surface area contributed by atoms with E-state index in [1.165, 1.54) is 42.5 Å². The van der Waals surface area contributed by atoms with Gasteiger partial charge in [-0.2, -0.15) is 17.6 Å². The van der Waals surface area contributed by atoms with Crippen LogP contribution in [-0.2, 0) is 44.1 Å². The predicted molar refractivity (Wildman–Crippen MR) is 157 cm³/mol. The highest BCUT2D eigenvalue weighted by molar-refractivity contribution is 5.81. The average molecular weight is 615 g/mol. The molecule has 0 radical (unpaired) electrons. The van der Waals surface area contributed by atoms with Gasteiger partial charge in [0, 0.05) is 18.2 Å². The monoisotopic (exact) mass is 614 g/mol. The minimum absolute atomic E-state index is 0.245. The van der Waals surface area contributed by atoms with Gasteiger partial charge in [0.15, 0.2) is 0 Å². The van der Waals surface area contributed by atoms with Gasteiger partial charge in [-0.05, 0) is 86.1 Å². The van der Waals surface area contributed by atoms with Crippen LogP contribution in [0, 0.1) is 0 Å². The fraction of sp³-hybridized carbons (Fsp3) is 0.294. The molecule has 0 N–H and O–H groups in total. The van der Waals surface area contributed by atoms with Gasteiger partial charge in [0.1, 0.15) is 11.5 Å². The van der Waals surface area contributed by atoms with Gasteiger partial charge in [-0.3, -0.25) is 0 Å². The minimum atomic E-state index is -3.73. The summed E-state index contributed by atoms with van der Waals surface area (Å²) >= 11 is 0. The Morgan fingerprint density at radius 2 is 1.00 bits per heavy atom. The van der Waals surface area contributed by atoms with Crippen molar-refractivity contribution in [3.8, 4) is 11.5 Å². The lowest BCUT2D eigenvalue weighted by Crippen LogP contribution is -2.23. The molecule has 6 nitrogen and oxygen atoms in total. The van der Waals surface area contributed by atoms with Gasteiger partial charge in [0.25, 0.3) is 0 Å². The maximum atomic E-state index is 14.9. The van der Waals surface area contributed by atoms with Crippen LogP contribution in [0.15, 0.2) is 98.1 Å². The van der Waals surface area contributed by atoms with Crippen molar-refractivity contribution in [2.45, 2.75) is 50.7 Å². The lowest BCUT2D eigenvalue weighted by Gasteiger charge is -2.21. The molecule has 0 aromatic heterocycles. The normalized spacial score (nSPS) is 11.4. The number of aryl methyl sites for hydroxylation is 2. The van der Waals surface area contributed by atoms with Crippen LogP contribution in [0.3, 0.4) is 0 Å². The topological polar surface area (TPSA) is 71.1 Å². The molecule has 0 aliphatic heterocycles. The fourth-order valence-electron chi connectivity index (χ4n) is 4.07. The Bertz CT molecular complexity index is 1280. The molecule has 0 heterocycles. The number of carbonyl (C=O) groups excluding carboxylic acids is 2. The molecular weight excluding hydrogens is 580 g/mol. The summed E-state index contributed by atoms with van der Waals surface area (Å²) < 4.78 is 79.1. The van der Waals surface area contributed by atoms with Gasteiger partial charge in [0.2, 0.25) is 0 Å². The molecule has 0 unspecified atom stereocenters. The van der Waals surface area contributed by atoms with Gasteiger partial charge in [-0.15, -0.1) is 0 Å². The van der Waals surface area contributed by atoms with Crippen LogP contribution in [0.5, 0.6) is 11.5 Å². The standard InChI is InChI=1S/C34H34F4O6/c1-3-31(39)41-22-7-5-10-25-14-18-27(19-15-25)33(35,36)43-29-12-9-13-30(24-29)44-34(37,38)28-20-16-26(17-21-28)11-6-8-23-42-32(40)4-2/h3-4,9,12-21,24H,1-2,5-8,10-11,22-23H2. The van der Waals surface area contributed by atoms with E-state index in [9.17, 15) is 27.2 Å². The molecule has 0 saturated heterocycles. The van der Waals surface area contributed by atoms with Crippen molar-refractivity contribution in [2.24, 2.45) is 0 Å². The van der Waals surface area contributed by atoms with Gasteiger partial charge < -0.3 is 18.9 Å². The Labute approximate surface area is 253 Å². The second-order valence-corrected chi connectivity index (χ2v) is 9.76. The molecule has 0 saturated carbocycles. The zero-order valence-corrected chi connectivity index (χ0v) is 24.1. The molecule has 44 heavy (non-hydrogen) atoms. The van der Waals surface area contributed by atoms with Crippen molar-refractivity contribution in [3.05, 3.63) is 120 Å². The smallest absolute Gasteiger partial charge is 0.426 e. The zero-order valence-electron chi connectivity index (χ0n) is 24.1. The predicted octanol–water partition coefficient (Wildman–Crippen LogP) is 8.05. The molecule has 3 aromatic rings. The minimum Gasteiger partial charge on any atom is -0.463 e. The van der Waals surface area contributed by atoms with Crippen molar-refractivity contribution in [1.29, 1.82) is 0 Å². The SMILES string of the molecule is C=CC(=O)OCCCCc1ccc(C(F)(F)Oc2cccc(OC(F)(F)c3ccc(CCCCOC(=O)C=C)cc3)c2)cc1. The van der Waals surface area contributed by atoms with Crippen LogP contribution < -0.4 is 9.47 Å². The number of ether oxygens (including phenoxy) is 4. The Kier molecular flexibility index (Phi) is 12.6. The summed E-state index contributed by atoms with van der Waals surface area (Å²) in [5.41, 5.74) is 0.819. The number of benzene rings is 3. The second-order valence-electron chi connectivity index (χ2n) is 9.76. The van der Waals surface area contributed by atoms with E-state index >= 15 is 0 Å². The first kappa shape index (κ1) is 33.9. The third-order valence-electron chi connectivity index (χ3n) is 6.42. The van der Waals surface area contributed by atoms with E-state index in [1.807, 2.05) is 0 Å². The number of halogens is 4. The van der Waals surface area contributed by atoms with E-state index in [1.54, 1.807) is 24.3 Å². The first-order valence-electron chi connectivity index (χ1n) is 14.0. The summed E-state index contributed by atoms with van der Waals surface area (Å²) in [5, 5.41) is 0. The highest BCUT2D eigenvalue weighted by Crippen LogP contribution is 2.36. The highest BCUT2D eigenvalue weighted by Gasteiger charge is 2.36. The van der Waals surface area contributed by atoms with E-state index in [0.29, 0.717) is 38.5 Å². The van der Waals surface area contributed by atoms with Crippen molar-refractivity contribution in [3.63, 3.8) is 0 Å². The number of hydrogen-bond acceptors (Lipinski definition) is 6. The summed E-state index contributed by atoms with van der Waals surface area (Å²) in [4.78, 5) is 22.1. The first-order chi connectivity index (χ1) is 21.0. The lowest BCUT2D eigenvalue weighted by atomic mass is 10.1. The molecule has 3 aromatic carbocycles. The molecule has 0 aliphatic rings. The fourth-order valence-corrected chi connectivity index (χ4v) is 4.07. The lowest BCUT2D eigenvalue weighted by molar-refractivity contribution is -0.188. The third kappa shape index (κ3) is 10.9. The van der Waals surface area contributed by atoms with Crippen molar-refractivity contribution in [1.82, 2.24) is 0 Å². The average Bonchev–Trinajstić information content (AvgIpc) is 3.00. The summed E-state index contributed by atoms with van der Waals surface area (Å²) in [6.07, 6.45) is -1.50. The van der Waals surface area contributed by atoms with Crippen LogP contribution in [0.2, 0.25) is 0 Å². The maximum Gasteiger partial charge on any atom is 0.426 e. The number of hydrogen-bond donors (Lipinski definition) is 0. The Balaban J connectivity index is 1.52. The number of alkyl halides is 4. The van der Waals surface area contributed by atoms with Crippen LogP contribution >= 0.6 is 0 Å². The molecule has 10 heteroatoms. The maximum absolute atomic E-state index is 14.9. The molecule has 0 fully saturated rings. The van der Waals surface area contributed by atoms with E-state index in [-0.39, 0.29) is 24.7 Å². The van der Waals surface area contributed by atoms with Gasteiger partial charge in [0.05, 0.1) is 24.3 Å². The summed E-state index contributed by atoms with van der Waals surface area (Å²) in [6, 6.07) is 15.9.